The molecule has 1 atom stereocenters. The highest BCUT2D eigenvalue weighted by atomic mass is 19.1. The van der Waals surface area contributed by atoms with Crippen LogP contribution in [0.4, 0.5) is 4.39 Å². The SMILES string of the molecule is CC(C)Cn1ncnc1CC(C)(N)Cc1cccc(F)c1. The smallest absolute Gasteiger partial charge is 0.138 e. The average molecular weight is 290 g/mol. The van der Waals surface area contributed by atoms with Crippen LogP contribution in [-0.4, -0.2) is 20.3 Å². The fourth-order valence-corrected chi connectivity index (χ4v) is 2.46. The van der Waals surface area contributed by atoms with Gasteiger partial charge in [0.25, 0.3) is 0 Å². The van der Waals surface area contributed by atoms with Crippen molar-refractivity contribution in [3.63, 3.8) is 0 Å². The van der Waals surface area contributed by atoms with Crippen LogP contribution in [0.1, 0.15) is 32.2 Å². The van der Waals surface area contributed by atoms with Crippen LogP contribution in [0, 0.1) is 11.7 Å². The summed E-state index contributed by atoms with van der Waals surface area (Å²) >= 11 is 0. The van der Waals surface area contributed by atoms with E-state index in [4.69, 9.17) is 5.73 Å². The van der Waals surface area contributed by atoms with Gasteiger partial charge in [0.05, 0.1) is 0 Å². The summed E-state index contributed by atoms with van der Waals surface area (Å²) in [7, 11) is 0. The number of rotatable bonds is 6. The predicted molar refractivity (Wildman–Crippen MR) is 81.3 cm³/mol. The number of nitrogens with two attached hydrogens (primary N) is 1. The van der Waals surface area contributed by atoms with Crippen LogP contribution >= 0.6 is 0 Å². The summed E-state index contributed by atoms with van der Waals surface area (Å²) in [5, 5.41) is 4.25. The minimum atomic E-state index is -0.491. The topological polar surface area (TPSA) is 56.7 Å². The van der Waals surface area contributed by atoms with Gasteiger partial charge in [0, 0.05) is 18.5 Å². The molecule has 4 nitrogen and oxygen atoms in total. The third-order valence-electron chi connectivity index (χ3n) is 3.29. The number of aromatic nitrogens is 3. The molecule has 0 saturated heterocycles. The summed E-state index contributed by atoms with van der Waals surface area (Å²) < 4.78 is 15.2. The first-order chi connectivity index (χ1) is 9.85. The molecule has 5 heteroatoms. The van der Waals surface area contributed by atoms with Crippen LogP contribution in [-0.2, 0) is 19.4 Å². The van der Waals surface area contributed by atoms with Crippen LogP contribution < -0.4 is 5.73 Å². The molecule has 2 rings (SSSR count). The molecule has 0 fully saturated rings. The summed E-state index contributed by atoms with van der Waals surface area (Å²) in [6, 6.07) is 6.58. The molecule has 0 spiro atoms. The molecule has 0 bridgehead atoms. The second kappa shape index (κ2) is 6.35. The Kier molecular flexibility index (Phi) is 4.73. The summed E-state index contributed by atoms with van der Waals surface area (Å²) in [6.07, 6.45) is 2.77. The Hall–Kier alpha value is -1.75. The van der Waals surface area contributed by atoms with E-state index in [-0.39, 0.29) is 5.82 Å². The number of benzene rings is 1. The van der Waals surface area contributed by atoms with Gasteiger partial charge in [0.2, 0.25) is 0 Å². The van der Waals surface area contributed by atoms with E-state index in [1.54, 1.807) is 12.4 Å². The van der Waals surface area contributed by atoms with Crippen LogP contribution in [0.15, 0.2) is 30.6 Å². The fourth-order valence-electron chi connectivity index (χ4n) is 2.46. The van der Waals surface area contributed by atoms with Crippen molar-refractivity contribution in [2.45, 2.75) is 45.7 Å². The highest BCUT2D eigenvalue weighted by molar-refractivity contribution is 5.19. The molecule has 21 heavy (non-hydrogen) atoms. The van der Waals surface area contributed by atoms with E-state index in [1.807, 2.05) is 17.7 Å². The molecule has 1 heterocycles. The minimum Gasteiger partial charge on any atom is -0.325 e. The Morgan fingerprint density at radius 3 is 2.76 bits per heavy atom. The zero-order chi connectivity index (χ0) is 15.5. The molecule has 0 saturated carbocycles. The molecular weight excluding hydrogens is 267 g/mol. The lowest BCUT2D eigenvalue weighted by Gasteiger charge is -2.24. The number of hydrogen-bond donors (Lipinski definition) is 1. The van der Waals surface area contributed by atoms with Gasteiger partial charge in [-0.3, -0.25) is 0 Å². The highest BCUT2D eigenvalue weighted by Gasteiger charge is 2.23. The summed E-state index contributed by atoms with van der Waals surface area (Å²) in [4.78, 5) is 4.31. The van der Waals surface area contributed by atoms with Crippen molar-refractivity contribution in [1.29, 1.82) is 0 Å². The first kappa shape index (κ1) is 15.6. The third-order valence-corrected chi connectivity index (χ3v) is 3.29. The maximum Gasteiger partial charge on any atom is 0.138 e. The Labute approximate surface area is 125 Å². The average Bonchev–Trinajstić information content (AvgIpc) is 2.74. The zero-order valence-electron chi connectivity index (χ0n) is 12.9. The van der Waals surface area contributed by atoms with Gasteiger partial charge in [-0.2, -0.15) is 5.10 Å². The number of hydrogen-bond acceptors (Lipinski definition) is 3. The zero-order valence-corrected chi connectivity index (χ0v) is 12.9. The van der Waals surface area contributed by atoms with Gasteiger partial charge in [-0.15, -0.1) is 0 Å². The van der Waals surface area contributed by atoms with Crippen LogP contribution in [0.5, 0.6) is 0 Å². The molecular formula is C16H23FN4. The molecule has 1 aromatic carbocycles. The van der Waals surface area contributed by atoms with Crippen LogP contribution in [0.3, 0.4) is 0 Å². The van der Waals surface area contributed by atoms with E-state index in [0.717, 1.165) is 17.9 Å². The molecule has 1 aromatic heterocycles. The first-order valence-corrected chi connectivity index (χ1v) is 7.26. The standard InChI is InChI=1S/C16H23FN4/c1-12(2)10-21-15(19-11-20-21)9-16(3,18)8-13-5-4-6-14(17)7-13/h4-7,11-12H,8-10,18H2,1-3H3. The maximum absolute atomic E-state index is 13.3. The highest BCUT2D eigenvalue weighted by Crippen LogP contribution is 2.16. The largest absolute Gasteiger partial charge is 0.325 e. The van der Waals surface area contributed by atoms with Gasteiger partial charge in [-0.25, -0.2) is 14.1 Å². The molecule has 0 aliphatic carbocycles. The van der Waals surface area contributed by atoms with Crippen molar-refractivity contribution >= 4 is 0 Å². The van der Waals surface area contributed by atoms with E-state index in [2.05, 4.69) is 23.9 Å². The monoisotopic (exact) mass is 290 g/mol. The van der Waals surface area contributed by atoms with Crippen molar-refractivity contribution in [1.82, 2.24) is 14.8 Å². The van der Waals surface area contributed by atoms with Crippen LogP contribution in [0.25, 0.3) is 0 Å². The van der Waals surface area contributed by atoms with Crippen LogP contribution in [0.2, 0.25) is 0 Å². The number of halogens is 1. The Bertz CT molecular complexity index is 589. The van der Waals surface area contributed by atoms with E-state index in [0.29, 0.717) is 18.8 Å². The molecule has 0 aliphatic heterocycles. The molecule has 0 radical (unpaired) electrons. The van der Waals surface area contributed by atoms with E-state index in [9.17, 15) is 4.39 Å². The minimum absolute atomic E-state index is 0.230. The molecule has 0 aliphatic rings. The van der Waals surface area contributed by atoms with Gasteiger partial charge in [-0.05, 0) is 37.0 Å². The Morgan fingerprint density at radius 1 is 1.33 bits per heavy atom. The van der Waals surface area contributed by atoms with Gasteiger partial charge >= 0.3 is 0 Å². The lowest BCUT2D eigenvalue weighted by molar-refractivity contribution is 0.411. The lowest BCUT2D eigenvalue weighted by atomic mass is 9.90. The van der Waals surface area contributed by atoms with Crippen molar-refractivity contribution < 1.29 is 4.39 Å². The molecule has 2 N–H and O–H groups in total. The maximum atomic E-state index is 13.3. The van der Waals surface area contributed by atoms with Crippen molar-refractivity contribution in [2.75, 3.05) is 0 Å². The van der Waals surface area contributed by atoms with Gasteiger partial charge < -0.3 is 5.73 Å². The Morgan fingerprint density at radius 2 is 2.10 bits per heavy atom. The van der Waals surface area contributed by atoms with Gasteiger partial charge in [0.15, 0.2) is 0 Å². The molecule has 1 unspecified atom stereocenters. The number of nitrogens with zero attached hydrogens (tertiary/aromatic N) is 3. The van der Waals surface area contributed by atoms with E-state index >= 15 is 0 Å². The molecule has 114 valence electrons. The molecule has 0 amide bonds. The fraction of sp³-hybridized carbons (Fsp3) is 0.500. The second-order valence-corrected chi connectivity index (χ2v) is 6.39. The van der Waals surface area contributed by atoms with E-state index in [1.165, 1.54) is 12.1 Å². The summed E-state index contributed by atoms with van der Waals surface area (Å²) in [6.45, 7) is 7.07. The van der Waals surface area contributed by atoms with Crippen molar-refractivity contribution in [3.05, 3.63) is 47.8 Å². The van der Waals surface area contributed by atoms with E-state index < -0.39 is 5.54 Å². The quantitative estimate of drug-likeness (QED) is 0.889. The summed E-state index contributed by atoms with van der Waals surface area (Å²) in [5.74, 6) is 1.15. The lowest BCUT2D eigenvalue weighted by Crippen LogP contribution is -2.42. The first-order valence-electron chi connectivity index (χ1n) is 7.26. The molecule has 2 aromatic rings. The van der Waals surface area contributed by atoms with Gasteiger partial charge in [-0.1, -0.05) is 26.0 Å². The van der Waals surface area contributed by atoms with Crippen molar-refractivity contribution in [3.8, 4) is 0 Å². The van der Waals surface area contributed by atoms with Gasteiger partial charge in [0.1, 0.15) is 18.0 Å². The summed E-state index contributed by atoms with van der Waals surface area (Å²) in [5.41, 5.74) is 6.79. The normalized spacial score (nSPS) is 14.4. The predicted octanol–water partition coefficient (Wildman–Crippen LogP) is 2.58. The Balaban J connectivity index is 2.08. The second-order valence-electron chi connectivity index (χ2n) is 6.39. The van der Waals surface area contributed by atoms with Crippen molar-refractivity contribution in [2.24, 2.45) is 11.7 Å². The third kappa shape index (κ3) is 4.63.